The molecular formula is C22H27N3O4S2. The van der Waals surface area contributed by atoms with E-state index in [1.807, 2.05) is 0 Å². The number of carbonyl (C=O) groups is 2. The molecule has 0 saturated heterocycles. The van der Waals surface area contributed by atoms with E-state index in [0.717, 1.165) is 66.6 Å². The molecule has 1 atom stereocenters. The largest absolute Gasteiger partial charge is 0.462 e. The molecule has 2 aromatic heterocycles. The van der Waals surface area contributed by atoms with Crippen LogP contribution in [-0.4, -0.2) is 34.2 Å². The van der Waals surface area contributed by atoms with Crippen LogP contribution in [0.1, 0.15) is 65.2 Å². The van der Waals surface area contributed by atoms with Crippen LogP contribution in [-0.2, 0) is 35.2 Å². The second-order valence-corrected chi connectivity index (χ2v) is 10.2. The Morgan fingerprint density at radius 2 is 2.06 bits per heavy atom. The number of hydrogen-bond acceptors (Lipinski definition) is 7. The number of amides is 1. The summed E-state index contributed by atoms with van der Waals surface area (Å²) in [5.41, 5.74) is 3.05. The van der Waals surface area contributed by atoms with Gasteiger partial charge in [0.2, 0.25) is 5.91 Å². The molecule has 31 heavy (non-hydrogen) atoms. The zero-order valence-electron chi connectivity index (χ0n) is 17.8. The van der Waals surface area contributed by atoms with Gasteiger partial charge in [0.1, 0.15) is 5.00 Å². The predicted octanol–water partition coefficient (Wildman–Crippen LogP) is 3.74. The van der Waals surface area contributed by atoms with Gasteiger partial charge in [-0.3, -0.25) is 9.59 Å². The van der Waals surface area contributed by atoms with Gasteiger partial charge in [-0.2, -0.15) is 0 Å². The van der Waals surface area contributed by atoms with Crippen LogP contribution in [0.2, 0.25) is 0 Å². The van der Waals surface area contributed by atoms with Crippen molar-refractivity contribution >= 4 is 40.0 Å². The van der Waals surface area contributed by atoms with Crippen molar-refractivity contribution in [1.82, 2.24) is 9.97 Å². The van der Waals surface area contributed by atoms with E-state index in [2.05, 4.69) is 22.2 Å². The van der Waals surface area contributed by atoms with Gasteiger partial charge in [-0.15, -0.1) is 11.3 Å². The summed E-state index contributed by atoms with van der Waals surface area (Å²) < 4.78 is 5.26. The molecule has 166 valence electrons. The first-order valence-electron chi connectivity index (χ1n) is 10.8. The van der Waals surface area contributed by atoms with Gasteiger partial charge in [-0.25, -0.2) is 9.78 Å². The fourth-order valence-corrected chi connectivity index (χ4v) is 6.30. The van der Waals surface area contributed by atoms with Crippen molar-refractivity contribution in [2.45, 2.75) is 63.9 Å². The molecule has 0 bridgehead atoms. The Morgan fingerprint density at radius 1 is 1.26 bits per heavy atom. The molecule has 4 rings (SSSR count). The van der Waals surface area contributed by atoms with Gasteiger partial charge in [0.15, 0.2) is 5.16 Å². The van der Waals surface area contributed by atoms with Crippen LogP contribution >= 0.6 is 23.1 Å². The molecule has 0 fully saturated rings. The number of aryl methyl sites for hydroxylation is 1. The molecule has 1 amide bonds. The summed E-state index contributed by atoms with van der Waals surface area (Å²) in [7, 11) is 0. The molecule has 2 aliphatic carbocycles. The number of fused-ring (bicyclic) bond motifs is 2. The lowest BCUT2D eigenvalue weighted by atomic mass is 9.88. The third-order valence-electron chi connectivity index (χ3n) is 5.75. The summed E-state index contributed by atoms with van der Waals surface area (Å²) in [6.45, 7) is 4.27. The van der Waals surface area contributed by atoms with Crippen molar-refractivity contribution in [3.63, 3.8) is 0 Å². The second kappa shape index (κ2) is 9.56. The number of carbonyl (C=O) groups excluding carboxylic acids is 2. The number of nitrogens with one attached hydrogen (secondary N) is 2. The molecule has 0 spiro atoms. The van der Waals surface area contributed by atoms with Gasteiger partial charge in [-0.05, 0) is 63.4 Å². The van der Waals surface area contributed by atoms with Crippen molar-refractivity contribution in [1.29, 1.82) is 0 Å². The third kappa shape index (κ3) is 4.87. The van der Waals surface area contributed by atoms with Crippen LogP contribution < -0.4 is 10.9 Å². The Labute approximate surface area is 189 Å². The highest BCUT2D eigenvalue weighted by molar-refractivity contribution is 7.99. The van der Waals surface area contributed by atoms with Gasteiger partial charge in [0.05, 0.1) is 23.6 Å². The monoisotopic (exact) mass is 461 g/mol. The molecule has 2 aromatic rings. The number of rotatable bonds is 6. The number of thioether (sulfide) groups is 1. The van der Waals surface area contributed by atoms with E-state index in [9.17, 15) is 14.4 Å². The standard InChI is InChI=1S/C22H27N3O4S2/c1-3-29-21(28)18-14-9-8-12(2)10-16(14)31-20(18)24-17(26)11-30-22-23-15-7-5-4-6-13(15)19(27)25-22/h12H,3-11H2,1-2H3,(H,24,26)(H,23,25,27). The van der Waals surface area contributed by atoms with Gasteiger partial charge in [0, 0.05) is 10.4 Å². The van der Waals surface area contributed by atoms with Crippen LogP contribution in [0.3, 0.4) is 0 Å². The molecule has 0 radical (unpaired) electrons. The third-order valence-corrected chi connectivity index (χ3v) is 7.80. The van der Waals surface area contributed by atoms with Crippen molar-refractivity contribution in [3.05, 3.63) is 37.6 Å². The van der Waals surface area contributed by atoms with E-state index in [1.165, 1.54) is 23.1 Å². The van der Waals surface area contributed by atoms with Crippen molar-refractivity contribution in [2.75, 3.05) is 17.7 Å². The van der Waals surface area contributed by atoms with Crippen LogP contribution in [0.4, 0.5) is 5.00 Å². The van der Waals surface area contributed by atoms with Crippen LogP contribution in [0, 0.1) is 5.92 Å². The van der Waals surface area contributed by atoms with Gasteiger partial charge >= 0.3 is 5.97 Å². The number of thiophene rings is 1. The van der Waals surface area contributed by atoms with Crippen LogP contribution in [0.15, 0.2) is 9.95 Å². The fraction of sp³-hybridized carbons (Fsp3) is 0.545. The highest BCUT2D eigenvalue weighted by atomic mass is 32.2. The average molecular weight is 462 g/mol. The summed E-state index contributed by atoms with van der Waals surface area (Å²) in [6.07, 6.45) is 6.38. The zero-order chi connectivity index (χ0) is 22.0. The van der Waals surface area contributed by atoms with Gasteiger partial charge in [-0.1, -0.05) is 18.7 Å². The van der Waals surface area contributed by atoms with E-state index in [1.54, 1.807) is 6.92 Å². The van der Waals surface area contributed by atoms with E-state index in [4.69, 9.17) is 4.74 Å². The highest BCUT2D eigenvalue weighted by Crippen LogP contribution is 2.40. The molecule has 0 aromatic carbocycles. The van der Waals surface area contributed by atoms with E-state index in [-0.39, 0.29) is 23.2 Å². The molecule has 2 aliphatic rings. The van der Waals surface area contributed by atoms with Gasteiger partial charge < -0.3 is 15.0 Å². The first-order chi connectivity index (χ1) is 15.0. The number of H-pyrrole nitrogens is 1. The molecular weight excluding hydrogens is 434 g/mol. The molecule has 9 heteroatoms. The minimum atomic E-state index is -0.377. The highest BCUT2D eigenvalue weighted by Gasteiger charge is 2.29. The zero-order valence-corrected chi connectivity index (χ0v) is 19.5. The lowest BCUT2D eigenvalue weighted by Gasteiger charge is -2.18. The van der Waals surface area contributed by atoms with E-state index >= 15 is 0 Å². The number of aromatic nitrogens is 2. The minimum Gasteiger partial charge on any atom is -0.462 e. The topological polar surface area (TPSA) is 101 Å². The smallest absolute Gasteiger partial charge is 0.341 e. The predicted molar refractivity (Wildman–Crippen MR) is 122 cm³/mol. The first kappa shape index (κ1) is 22.1. The second-order valence-electron chi connectivity index (χ2n) is 8.12. The van der Waals surface area contributed by atoms with Gasteiger partial charge in [0.25, 0.3) is 5.56 Å². The maximum Gasteiger partial charge on any atom is 0.341 e. The lowest BCUT2D eigenvalue weighted by molar-refractivity contribution is -0.113. The van der Waals surface area contributed by atoms with E-state index in [0.29, 0.717) is 28.2 Å². The summed E-state index contributed by atoms with van der Waals surface area (Å²) in [5, 5.41) is 3.94. The molecule has 7 nitrogen and oxygen atoms in total. The normalized spacial score (nSPS) is 17.5. The Bertz CT molecular complexity index is 1060. The Morgan fingerprint density at radius 3 is 2.87 bits per heavy atom. The SMILES string of the molecule is CCOC(=O)c1c(NC(=O)CSc2nc3c(c(=O)[nH]2)CCCC3)sc2c1CCC(C)C2. The average Bonchev–Trinajstić information content (AvgIpc) is 3.09. The maximum absolute atomic E-state index is 12.7. The maximum atomic E-state index is 12.7. The number of anilines is 1. The molecule has 2 heterocycles. The number of esters is 1. The molecule has 2 N–H and O–H groups in total. The summed E-state index contributed by atoms with van der Waals surface area (Å²) in [4.78, 5) is 46.0. The molecule has 0 aliphatic heterocycles. The summed E-state index contributed by atoms with van der Waals surface area (Å²) in [6, 6.07) is 0. The van der Waals surface area contributed by atoms with Crippen molar-refractivity contribution in [2.24, 2.45) is 5.92 Å². The summed E-state index contributed by atoms with van der Waals surface area (Å²) in [5.74, 6) is 0.0520. The number of aromatic amines is 1. The Hall–Kier alpha value is -2.13. The summed E-state index contributed by atoms with van der Waals surface area (Å²) >= 11 is 2.68. The lowest BCUT2D eigenvalue weighted by Crippen LogP contribution is -2.22. The van der Waals surface area contributed by atoms with Crippen molar-refractivity contribution in [3.8, 4) is 0 Å². The quantitative estimate of drug-likeness (QED) is 0.386. The molecule has 0 saturated carbocycles. The van der Waals surface area contributed by atoms with E-state index < -0.39 is 0 Å². The number of hydrogen-bond donors (Lipinski definition) is 2. The van der Waals surface area contributed by atoms with Crippen LogP contribution in [0.25, 0.3) is 0 Å². The van der Waals surface area contributed by atoms with Crippen LogP contribution in [0.5, 0.6) is 0 Å². The molecule has 1 unspecified atom stereocenters. The Kier molecular flexibility index (Phi) is 6.81. The minimum absolute atomic E-state index is 0.0998. The van der Waals surface area contributed by atoms with Crippen molar-refractivity contribution < 1.29 is 14.3 Å². The fourth-order valence-electron chi connectivity index (χ4n) is 4.20. The first-order valence-corrected chi connectivity index (χ1v) is 12.6. The number of ether oxygens (including phenoxy) is 1. The Balaban J connectivity index is 1.48. The number of nitrogens with zero attached hydrogens (tertiary/aromatic N) is 1.